The molecule has 118 valence electrons. The van der Waals surface area contributed by atoms with E-state index in [2.05, 4.69) is 23.9 Å². The van der Waals surface area contributed by atoms with Crippen molar-refractivity contribution in [2.75, 3.05) is 0 Å². The molecule has 0 amide bonds. The van der Waals surface area contributed by atoms with Crippen molar-refractivity contribution in [2.24, 2.45) is 11.8 Å². The monoisotopic (exact) mass is 290 g/mol. The van der Waals surface area contributed by atoms with Crippen molar-refractivity contribution in [1.29, 1.82) is 0 Å². The molecule has 0 radical (unpaired) electrons. The molecule has 21 heavy (non-hydrogen) atoms. The van der Waals surface area contributed by atoms with Gasteiger partial charge in [-0.2, -0.15) is 5.10 Å². The quantitative estimate of drug-likeness (QED) is 0.886. The Morgan fingerprint density at radius 3 is 2.76 bits per heavy atom. The summed E-state index contributed by atoms with van der Waals surface area (Å²) in [6.45, 7) is 2.27. The highest BCUT2D eigenvalue weighted by atomic mass is 16.3. The number of rotatable bonds is 5. The van der Waals surface area contributed by atoms with E-state index in [9.17, 15) is 5.11 Å². The molecule has 0 saturated heterocycles. The third-order valence-corrected chi connectivity index (χ3v) is 5.73. The van der Waals surface area contributed by atoms with Gasteiger partial charge in [0.25, 0.3) is 0 Å². The Hall–Kier alpha value is -0.830. The van der Waals surface area contributed by atoms with Gasteiger partial charge in [-0.1, -0.05) is 39.0 Å². The van der Waals surface area contributed by atoms with Crippen molar-refractivity contribution in [3.8, 4) is 0 Å². The number of nitrogens with zero attached hydrogens (tertiary/aromatic N) is 2. The van der Waals surface area contributed by atoms with Crippen molar-refractivity contribution >= 4 is 0 Å². The summed E-state index contributed by atoms with van der Waals surface area (Å²) in [6.07, 6.45) is 14.2. The van der Waals surface area contributed by atoms with E-state index < -0.39 is 0 Å². The van der Waals surface area contributed by atoms with E-state index in [1.165, 1.54) is 57.8 Å². The van der Waals surface area contributed by atoms with Gasteiger partial charge in [0.2, 0.25) is 0 Å². The second kappa shape index (κ2) is 6.95. The highest BCUT2D eigenvalue weighted by Gasteiger charge is 2.29. The standard InChI is InChI=1S/C18H30N2O/c1-2-14-8-9-15(12-14)18(21)13-16-10-11-20(19-16)17-6-4-3-5-7-17/h10-11,14-15,17-18,21H,2-9,12-13H2,1H3. The number of hydrogen-bond donors (Lipinski definition) is 1. The van der Waals surface area contributed by atoms with Crippen LogP contribution in [0, 0.1) is 11.8 Å². The van der Waals surface area contributed by atoms with Crippen LogP contribution in [-0.2, 0) is 6.42 Å². The van der Waals surface area contributed by atoms with Gasteiger partial charge in [-0.25, -0.2) is 0 Å². The second-order valence-electron chi connectivity index (χ2n) is 7.20. The lowest BCUT2D eigenvalue weighted by molar-refractivity contribution is 0.107. The first kappa shape index (κ1) is 15.1. The molecule has 0 aromatic carbocycles. The van der Waals surface area contributed by atoms with Gasteiger partial charge in [-0.05, 0) is 43.6 Å². The highest BCUT2D eigenvalue weighted by Crippen LogP contribution is 2.35. The molecule has 1 aromatic rings. The van der Waals surface area contributed by atoms with Crippen LogP contribution in [0.3, 0.4) is 0 Å². The summed E-state index contributed by atoms with van der Waals surface area (Å²) in [5, 5.41) is 15.2. The molecular weight excluding hydrogens is 260 g/mol. The predicted octanol–water partition coefficient (Wildman–Crippen LogP) is 4.12. The Balaban J connectivity index is 1.54. The largest absolute Gasteiger partial charge is 0.392 e. The van der Waals surface area contributed by atoms with Crippen LogP contribution in [-0.4, -0.2) is 21.0 Å². The van der Waals surface area contributed by atoms with Crippen LogP contribution in [0.15, 0.2) is 12.3 Å². The molecule has 2 fully saturated rings. The third kappa shape index (κ3) is 3.68. The summed E-state index contributed by atoms with van der Waals surface area (Å²) < 4.78 is 2.16. The van der Waals surface area contributed by atoms with E-state index in [1.807, 2.05) is 0 Å². The number of aromatic nitrogens is 2. The Labute approximate surface area is 128 Å². The third-order valence-electron chi connectivity index (χ3n) is 5.73. The fourth-order valence-electron chi connectivity index (χ4n) is 4.25. The zero-order valence-corrected chi connectivity index (χ0v) is 13.4. The minimum Gasteiger partial charge on any atom is -0.392 e. The second-order valence-corrected chi connectivity index (χ2v) is 7.20. The van der Waals surface area contributed by atoms with Crippen LogP contribution in [0.5, 0.6) is 0 Å². The minimum atomic E-state index is -0.198. The van der Waals surface area contributed by atoms with E-state index in [0.29, 0.717) is 12.0 Å². The van der Waals surface area contributed by atoms with Gasteiger partial charge in [0.15, 0.2) is 0 Å². The van der Waals surface area contributed by atoms with Crippen LogP contribution in [0.1, 0.15) is 76.4 Å². The predicted molar refractivity (Wildman–Crippen MR) is 85.2 cm³/mol. The molecule has 3 atom stereocenters. The van der Waals surface area contributed by atoms with Gasteiger partial charge in [-0.3, -0.25) is 4.68 Å². The first-order valence-corrected chi connectivity index (χ1v) is 8.98. The van der Waals surface area contributed by atoms with Gasteiger partial charge >= 0.3 is 0 Å². The molecule has 0 bridgehead atoms. The average molecular weight is 290 g/mol. The normalized spacial score (nSPS) is 28.9. The summed E-state index contributed by atoms with van der Waals surface area (Å²) in [5.74, 6) is 1.33. The maximum atomic E-state index is 10.5. The molecule has 1 heterocycles. The molecule has 1 aromatic heterocycles. The number of hydrogen-bond acceptors (Lipinski definition) is 2. The molecule has 3 heteroatoms. The molecule has 2 saturated carbocycles. The smallest absolute Gasteiger partial charge is 0.0650 e. The van der Waals surface area contributed by atoms with Crippen molar-refractivity contribution < 1.29 is 5.11 Å². The van der Waals surface area contributed by atoms with Gasteiger partial charge in [-0.15, -0.1) is 0 Å². The van der Waals surface area contributed by atoms with Crippen LogP contribution in [0.4, 0.5) is 0 Å². The van der Waals surface area contributed by atoms with Gasteiger partial charge in [0, 0.05) is 12.6 Å². The van der Waals surface area contributed by atoms with E-state index in [-0.39, 0.29) is 6.10 Å². The molecule has 3 unspecified atom stereocenters. The summed E-state index contributed by atoms with van der Waals surface area (Å²) in [6, 6.07) is 2.71. The van der Waals surface area contributed by atoms with Gasteiger partial charge in [0.05, 0.1) is 17.8 Å². The van der Waals surface area contributed by atoms with Crippen LogP contribution >= 0.6 is 0 Å². The van der Waals surface area contributed by atoms with Crippen molar-refractivity contribution in [3.63, 3.8) is 0 Å². The van der Waals surface area contributed by atoms with E-state index >= 15 is 0 Å². The lowest BCUT2D eigenvalue weighted by atomic mass is 9.95. The topological polar surface area (TPSA) is 38.0 Å². The number of aliphatic hydroxyl groups excluding tert-OH is 1. The number of aliphatic hydroxyl groups is 1. The summed E-state index contributed by atoms with van der Waals surface area (Å²) in [4.78, 5) is 0. The average Bonchev–Trinajstić information content (AvgIpc) is 3.17. The highest BCUT2D eigenvalue weighted by molar-refractivity contribution is 5.02. The van der Waals surface area contributed by atoms with Crippen molar-refractivity contribution in [2.45, 2.75) is 83.3 Å². The van der Waals surface area contributed by atoms with Crippen LogP contribution in [0.25, 0.3) is 0 Å². The zero-order valence-electron chi connectivity index (χ0n) is 13.4. The molecule has 3 nitrogen and oxygen atoms in total. The molecule has 2 aliphatic rings. The fraction of sp³-hybridized carbons (Fsp3) is 0.833. The SMILES string of the molecule is CCC1CCC(C(O)Cc2ccn(C3CCCCC3)n2)C1. The van der Waals surface area contributed by atoms with E-state index in [0.717, 1.165) is 18.0 Å². The maximum Gasteiger partial charge on any atom is 0.0650 e. The zero-order chi connectivity index (χ0) is 14.7. The van der Waals surface area contributed by atoms with Crippen molar-refractivity contribution in [3.05, 3.63) is 18.0 Å². The van der Waals surface area contributed by atoms with E-state index in [4.69, 9.17) is 5.10 Å². The fourth-order valence-corrected chi connectivity index (χ4v) is 4.25. The molecular formula is C18H30N2O. The Bertz CT molecular complexity index is 436. The van der Waals surface area contributed by atoms with Gasteiger partial charge in [0.1, 0.15) is 0 Å². The van der Waals surface area contributed by atoms with Crippen LogP contribution in [0.2, 0.25) is 0 Å². The minimum absolute atomic E-state index is 0.198. The maximum absolute atomic E-state index is 10.5. The summed E-state index contributed by atoms with van der Waals surface area (Å²) in [5.41, 5.74) is 1.08. The summed E-state index contributed by atoms with van der Waals surface area (Å²) >= 11 is 0. The lowest BCUT2D eigenvalue weighted by Gasteiger charge is -2.22. The van der Waals surface area contributed by atoms with Gasteiger partial charge < -0.3 is 5.11 Å². The van der Waals surface area contributed by atoms with E-state index in [1.54, 1.807) is 0 Å². The molecule has 2 aliphatic carbocycles. The molecule has 0 aliphatic heterocycles. The Kier molecular flexibility index (Phi) is 4.99. The Morgan fingerprint density at radius 1 is 1.24 bits per heavy atom. The first-order chi connectivity index (χ1) is 10.3. The van der Waals surface area contributed by atoms with Crippen LogP contribution < -0.4 is 0 Å². The Morgan fingerprint density at radius 2 is 2.05 bits per heavy atom. The summed E-state index contributed by atoms with van der Waals surface area (Å²) in [7, 11) is 0. The lowest BCUT2D eigenvalue weighted by Crippen LogP contribution is -2.21. The first-order valence-electron chi connectivity index (χ1n) is 8.98. The molecule has 3 rings (SSSR count). The molecule has 0 spiro atoms. The van der Waals surface area contributed by atoms with Crippen molar-refractivity contribution in [1.82, 2.24) is 9.78 Å². The molecule has 1 N–H and O–H groups in total.